The topological polar surface area (TPSA) is 51.1 Å². The highest BCUT2D eigenvalue weighted by Gasteiger charge is 2.19. The van der Waals surface area contributed by atoms with Crippen LogP contribution in [0.25, 0.3) is 0 Å². The van der Waals surface area contributed by atoms with Gasteiger partial charge in [0, 0.05) is 39.3 Å². The van der Waals surface area contributed by atoms with Gasteiger partial charge in [0.15, 0.2) is 5.96 Å². The molecule has 26 heavy (non-hydrogen) atoms. The van der Waals surface area contributed by atoms with Crippen LogP contribution in [0.4, 0.5) is 0 Å². The fraction of sp³-hybridized carbons (Fsp3) is 0.381. The van der Waals surface area contributed by atoms with Crippen molar-refractivity contribution in [2.75, 3.05) is 32.7 Å². The van der Waals surface area contributed by atoms with Crippen molar-refractivity contribution in [1.29, 1.82) is 0 Å². The molecule has 1 fully saturated rings. The fourth-order valence-electron chi connectivity index (χ4n) is 3.15. The predicted molar refractivity (Wildman–Crippen MR) is 106 cm³/mol. The fourth-order valence-corrected chi connectivity index (χ4v) is 3.15. The van der Waals surface area contributed by atoms with E-state index in [0.29, 0.717) is 12.3 Å². The summed E-state index contributed by atoms with van der Waals surface area (Å²) in [6.07, 6.45) is 0. The maximum Gasteiger partial charge on any atom is 0.194 e. The standard InChI is InChI=1S/C21H28N4O/c1-2-22-21(23-16-18-8-10-20(26)11-9-18)25-14-12-24(13-15-25)17-19-6-4-3-5-7-19/h3-11,26H,2,12-17H2,1H3,(H,22,23). The highest BCUT2D eigenvalue weighted by atomic mass is 16.3. The van der Waals surface area contributed by atoms with Crippen molar-refractivity contribution in [2.24, 2.45) is 4.99 Å². The van der Waals surface area contributed by atoms with Gasteiger partial charge in [-0.05, 0) is 30.2 Å². The zero-order valence-corrected chi connectivity index (χ0v) is 15.4. The second kappa shape index (κ2) is 9.25. The Morgan fingerprint density at radius 3 is 2.31 bits per heavy atom. The van der Waals surface area contributed by atoms with Crippen LogP contribution in [-0.2, 0) is 13.1 Å². The Labute approximate surface area is 156 Å². The quantitative estimate of drug-likeness (QED) is 0.642. The zero-order valence-electron chi connectivity index (χ0n) is 15.4. The van der Waals surface area contributed by atoms with Crippen molar-refractivity contribution in [3.63, 3.8) is 0 Å². The van der Waals surface area contributed by atoms with Crippen molar-refractivity contribution in [3.8, 4) is 5.75 Å². The minimum absolute atomic E-state index is 0.291. The van der Waals surface area contributed by atoms with Crippen molar-refractivity contribution in [3.05, 3.63) is 65.7 Å². The van der Waals surface area contributed by atoms with E-state index < -0.39 is 0 Å². The van der Waals surface area contributed by atoms with Gasteiger partial charge in [-0.2, -0.15) is 0 Å². The first-order valence-corrected chi connectivity index (χ1v) is 9.32. The Balaban J connectivity index is 1.55. The van der Waals surface area contributed by atoms with Gasteiger partial charge in [0.25, 0.3) is 0 Å². The molecule has 0 saturated carbocycles. The first-order valence-electron chi connectivity index (χ1n) is 9.32. The first-order chi connectivity index (χ1) is 12.7. The summed E-state index contributed by atoms with van der Waals surface area (Å²) < 4.78 is 0. The molecule has 5 heteroatoms. The molecule has 1 aliphatic heterocycles. The van der Waals surface area contributed by atoms with Crippen molar-refractivity contribution < 1.29 is 5.11 Å². The number of phenolic OH excluding ortho intramolecular Hbond substituents is 1. The third-order valence-corrected chi connectivity index (χ3v) is 4.60. The zero-order chi connectivity index (χ0) is 18.2. The van der Waals surface area contributed by atoms with Gasteiger partial charge in [-0.15, -0.1) is 0 Å². The van der Waals surface area contributed by atoms with E-state index in [9.17, 15) is 5.11 Å². The van der Waals surface area contributed by atoms with Crippen LogP contribution in [0.5, 0.6) is 5.75 Å². The molecular formula is C21H28N4O. The lowest BCUT2D eigenvalue weighted by atomic mass is 10.2. The molecule has 138 valence electrons. The molecule has 2 aromatic rings. The Kier molecular flexibility index (Phi) is 6.50. The lowest BCUT2D eigenvalue weighted by Crippen LogP contribution is -2.52. The molecule has 1 aliphatic rings. The largest absolute Gasteiger partial charge is 0.508 e. The van der Waals surface area contributed by atoms with Crippen LogP contribution in [0.15, 0.2) is 59.6 Å². The van der Waals surface area contributed by atoms with E-state index in [0.717, 1.165) is 50.8 Å². The molecule has 0 aromatic heterocycles. The number of nitrogens with zero attached hydrogens (tertiary/aromatic N) is 3. The Morgan fingerprint density at radius 1 is 0.962 bits per heavy atom. The molecule has 3 rings (SSSR count). The van der Waals surface area contributed by atoms with Gasteiger partial charge in [-0.3, -0.25) is 4.90 Å². The van der Waals surface area contributed by atoms with Crippen molar-refractivity contribution >= 4 is 5.96 Å². The number of hydrogen-bond acceptors (Lipinski definition) is 3. The number of aliphatic imine (C=N–C) groups is 1. The molecule has 0 unspecified atom stereocenters. The van der Waals surface area contributed by atoms with E-state index in [1.165, 1.54) is 5.56 Å². The molecule has 1 heterocycles. The van der Waals surface area contributed by atoms with Crippen LogP contribution in [-0.4, -0.2) is 53.6 Å². The summed E-state index contributed by atoms with van der Waals surface area (Å²) in [5, 5.41) is 12.8. The summed E-state index contributed by atoms with van der Waals surface area (Å²) in [4.78, 5) is 9.61. The summed E-state index contributed by atoms with van der Waals surface area (Å²) in [6, 6.07) is 17.9. The number of hydrogen-bond donors (Lipinski definition) is 2. The SMILES string of the molecule is CCNC(=NCc1ccc(O)cc1)N1CCN(Cc2ccccc2)CC1. The molecule has 0 atom stereocenters. The van der Waals surface area contributed by atoms with Crippen LogP contribution >= 0.6 is 0 Å². The van der Waals surface area contributed by atoms with E-state index in [1.54, 1.807) is 12.1 Å². The number of phenols is 1. The highest BCUT2D eigenvalue weighted by Crippen LogP contribution is 2.12. The van der Waals surface area contributed by atoms with E-state index in [4.69, 9.17) is 4.99 Å². The molecule has 0 bridgehead atoms. The monoisotopic (exact) mass is 352 g/mol. The smallest absolute Gasteiger partial charge is 0.194 e. The van der Waals surface area contributed by atoms with Crippen molar-refractivity contribution in [1.82, 2.24) is 15.1 Å². The summed E-state index contributed by atoms with van der Waals surface area (Å²) in [6.45, 7) is 8.63. The maximum absolute atomic E-state index is 9.39. The second-order valence-electron chi connectivity index (χ2n) is 6.59. The van der Waals surface area contributed by atoms with Crippen LogP contribution in [0.3, 0.4) is 0 Å². The maximum atomic E-state index is 9.39. The van der Waals surface area contributed by atoms with E-state index in [-0.39, 0.29) is 0 Å². The van der Waals surface area contributed by atoms with Gasteiger partial charge >= 0.3 is 0 Å². The molecule has 2 N–H and O–H groups in total. The minimum Gasteiger partial charge on any atom is -0.508 e. The number of nitrogens with one attached hydrogen (secondary N) is 1. The van der Waals surface area contributed by atoms with Crippen LogP contribution < -0.4 is 5.32 Å². The number of rotatable bonds is 5. The Hall–Kier alpha value is -2.53. The summed E-state index contributed by atoms with van der Waals surface area (Å²) in [5.74, 6) is 1.26. The molecule has 0 radical (unpaired) electrons. The van der Waals surface area contributed by atoms with Crippen LogP contribution in [0, 0.1) is 0 Å². The van der Waals surface area contributed by atoms with Gasteiger partial charge in [0.1, 0.15) is 5.75 Å². The van der Waals surface area contributed by atoms with Crippen LogP contribution in [0.1, 0.15) is 18.1 Å². The van der Waals surface area contributed by atoms with Crippen molar-refractivity contribution in [2.45, 2.75) is 20.0 Å². The summed E-state index contributed by atoms with van der Waals surface area (Å²) in [7, 11) is 0. The molecule has 2 aromatic carbocycles. The average Bonchev–Trinajstić information content (AvgIpc) is 2.68. The minimum atomic E-state index is 0.291. The molecular weight excluding hydrogens is 324 g/mol. The predicted octanol–water partition coefficient (Wildman–Crippen LogP) is 2.68. The average molecular weight is 352 g/mol. The van der Waals surface area contributed by atoms with Crippen LogP contribution in [0.2, 0.25) is 0 Å². The molecule has 1 saturated heterocycles. The number of benzene rings is 2. The Bertz CT molecular complexity index is 692. The van der Waals surface area contributed by atoms with Gasteiger partial charge < -0.3 is 15.3 Å². The normalized spacial score (nSPS) is 15.9. The third-order valence-electron chi connectivity index (χ3n) is 4.60. The lowest BCUT2D eigenvalue weighted by Gasteiger charge is -2.36. The van der Waals surface area contributed by atoms with Gasteiger partial charge in [-0.25, -0.2) is 4.99 Å². The number of guanidine groups is 1. The van der Waals surface area contributed by atoms with Gasteiger partial charge in [0.2, 0.25) is 0 Å². The van der Waals surface area contributed by atoms with E-state index in [1.807, 2.05) is 12.1 Å². The summed E-state index contributed by atoms with van der Waals surface area (Å²) in [5.41, 5.74) is 2.47. The van der Waals surface area contributed by atoms with Gasteiger partial charge in [-0.1, -0.05) is 42.5 Å². The number of piperazine rings is 1. The summed E-state index contributed by atoms with van der Waals surface area (Å²) >= 11 is 0. The third kappa shape index (κ3) is 5.23. The molecule has 0 spiro atoms. The van der Waals surface area contributed by atoms with Gasteiger partial charge in [0.05, 0.1) is 6.54 Å². The Morgan fingerprint density at radius 2 is 1.65 bits per heavy atom. The van der Waals surface area contributed by atoms with E-state index in [2.05, 4.69) is 52.4 Å². The lowest BCUT2D eigenvalue weighted by molar-refractivity contribution is 0.172. The molecule has 5 nitrogen and oxygen atoms in total. The number of aromatic hydroxyl groups is 1. The highest BCUT2D eigenvalue weighted by molar-refractivity contribution is 5.80. The molecule has 0 aliphatic carbocycles. The first kappa shape index (κ1) is 18.3. The van der Waals surface area contributed by atoms with E-state index >= 15 is 0 Å². The molecule has 0 amide bonds. The second-order valence-corrected chi connectivity index (χ2v) is 6.59.